The van der Waals surface area contributed by atoms with Crippen LogP contribution in [0.15, 0.2) is 12.3 Å². The smallest absolute Gasteiger partial charge is 0.0986 e. The van der Waals surface area contributed by atoms with Crippen LogP contribution < -0.4 is 0 Å². The highest BCUT2D eigenvalue weighted by atomic mass is 16.6. The topological polar surface area (TPSA) is 56.5 Å². The van der Waals surface area contributed by atoms with E-state index in [4.69, 9.17) is 9.47 Å². The molecule has 2 aliphatic heterocycles. The number of aryl methyl sites for hydroxylation is 1. The van der Waals surface area contributed by atoms with Crippen LogP contribution in [0.3, 0.4) is 0 Å². The van der Waals surface area contributed by atoms with Gasteiger partial charge in [0.15, 0.2) is 0 Å². The Labute approximate surface area is 107 Å². The molecule has 0 amide bonds. The van der Waals surface area contributed by atoms with E-state index in [1.54, 1.807) is 10.9 Å². The van der Waals surface area contributed by atoms with Crippen LogP contribution in [0.25, 0.3) is 0 Å². The predicted molar refractivity (Wildman–Crippen MR) is 65.0 cm³/mol. The van der Waals surface area contributed by atoms with E-state index in [0.29, 0.717) is 13.2 Å². The Morgan fingerprint density at radius 3 is 3.11 bits per heavy atom. The van der Waals surface area contributed by atoms with E-state index < -0.39 is 6.10 Å². The molecular formula is C13H20N2O3. The summed E-state index contributed by atoms with van der Waals surface area (Å²) in [4.78, 5) is 0. The molecule has 0 bridgehead atoms. The van der Waals surface area contributed by atoms with Gasteiger partial charge in [0, 0.05) is 32.9 Å². The van der Waals surface area contributed by atoms with Crippen molar-refractivity contribution in [2.24, 2.45) is 13.0 Å². The summed E-state index contributed by atoms with van der Waals surface area (Å²) in [7, 11) is 1.87. The van der Waals surface area contributed by atoms with Gasteiger partial charge in [-0.2, -0.15) is 5.10 Å². The van der Waals surface area contributed by atoms with Gasteiger partial charge < -0.3 is 14.6 Å². The minimum Gasteiger partial charge on any atom is -0.387 e. The molecule has 0 saturated carbocycles. The molecule has 2 fully saturated rings. The monoisotopic (exact) mass is 252 g/mol. The van der Waals surface area contributed by atoms with Crippen molar-refractivity contribution in [3.05, 3.63) is 18.0 Å². The van der Waals surface area contributed by atoms with E-state index >= 15 is 0 Å². The van der Waals surface area contributed by atoms with Crippen molar-refractivity contribution < 1.29 is 14.6 Å². The first kappa shape index (κ1) is 12.1. The molecule has 3 unspecified atom stereocenters. The molecule has 3 rings (SSSR count). The van der Waals surface area contributed by atoms with E-state index in [1.807, 2.05) is 13.1 Å². The third-order valence-corrected chi connectivity index (χ3v) is 4.21. The third kappa shape index (κ3) is 2.06. The van der Waals surface area contributed by atoms with Crippen LogP contribution in [0.1, 0.15) is 31.1 Å². The minimum atomic E-state index is -0.459. The number of nitrogens with zero attached hydrogens (tertiary/aromatic N) is 2. The van der Waals surface area contributed by atoms with Crippen LogP contribution in [-0.4, -0.2) is 40.3 Å². The fraction of sp³-hybridized carbons (Fsp3) is 0.769. The average Bonchev–Trinajstić information content (AvgIpc) is 2.98. The largest absolute Gasteiger partial charge is 0.387 e. The summed E-state index contributed by atoms with van der Waals surface area (Å²) >= 11 is 0. The quantitative estimate of drug-likeness (QED) is 0.854. The molecule has 3 atom stereocenters. The zero-order chi connectivity index (χ0) is 12.6. The summed E-state index contributed by atoms with van der Waals surface area (Å²) in [5.74, 6) is 0.232. The Kier molecular flexibility index (Phi) is 3.13. The summed E-state index contributed by atoms with van der Waals surface area (Å²) in [6, 6.07) is 1.89. The Hall–Kier alpha value is -0.910. The van der Waals surface area contributed by atoms with Gasteiger partial charge in [-0.1, -0.05) is 0 Å². The van der Waals surface area contributed by atoms with Crippen LogP contribution >= 0.6 is 0 Å². The molecule has 0 aromatic carbocycles. The van der Waals surface area contributed by atoms with Crippen molar-refractivity contribution in [3.63, 3.8) is 0 Å². The predicted octanol–water partition coefficient (Wildman–Crippen LogP) is 1.04. The lowest BCUT2D eigenvalue weighted by molar-refractivity contribution is -0.118. The van der Waals surface area contributed by atoms with Gasteiger partial charge in [-0.05, 0) is 24.8 Å². The summed E-state index contributed by atoms with van der Waals surface area (Å²) in [5.41, 5.74) is 0.735. The Bertz CT molecular complexity index is 412. The lowest BCUT2D eigenvalue weighted by Crippen LogP contribution is -2.42. The summed E-state index contributed by atoms with van der Waals surface area (Å²) in [5, 5.41) is 14.6. The highest BCUT2D eigenvalue weighted by Crippen LogP contribution is 2.40. The molecule has 2 saturated heterocycles. The second kappa shape index (κ2) is 4.64. The van der Waals surface area contributed by atoms with Gasteiger partial charge in [-0.15, -0.1) is 0 Å². The van der Waals surface area contributed by atoms with Crippen molar-refractivity contribution in [1.29, 1.82) is 0 Å². The summed E-state index contributed by atoms with van der Waals surface area (Å²) in [6.45, 7) is 2.15. The number of aromatic nitrogens is 2. The fourth-order valence-corrected chi connectivity index (χ4v) is 3.11. The molecule has 1 N–H and O–H groups in total. The maximum absolute atomic E-state index is 10.5. The van der Waals surface area contributed by atoms with E-state index in [2.05, 4.69) is 5.10 Å². The van der Waals surface area contributed by atoms with Crippen LogP contribution in [0.5, 0.6) is 0 Å². The first-order valence-corrected chi connectivity index (χ1v) is 6.58. The molecule has 1 aromatic heterocycles. The number of ether oxygens (including phenoxy) is 2. The SMILES string of the molecule is Cn1nccc1C(O)C1CCOC2(CCOC2)C1. The van der Waals surface area contributed by atoms with E-state index in [-0.39, 0.29) is 11.5 Å². The van der Waals surface area contributed by atoms with Crippen molar-refractivity contribution in [2.75, 3.05) is 19.8 Å². The molecule has 1 aromatic rings. The molecular weight excluding hydrogens is 232 g/mol. The Morgan fingerprint density at radius 2 is 2.44 bits per heavy atom. The molecule has 5 nitrogen and oxygen atoms in total. The molecule has 1 spiro atoms. The first-order valence-electron chi connectivity index (χ1n) is 6.58. The fourth-order valence-electron chi connectivity index (χ4n) is 3.11. The number of hydrogen-bond donors (Lipinski definition) is 1. The molecule has 18 heavy (non-hydrogen) atoms. The van der Waals surface area contributed by atoms with E-state index in [0.717, 1.165) is 31.6 Å². The van der Waals surface area contributed by atoms with Gasteiger partial charge in [-0.3, -0.25) is 4.68 Å². The van der Waals surface area contributed by atoms with Gasteiger partial charge >= 0.3 is 0 Å². The second-order valence-electron chi connectivity index (χ2n) is 5.41. The highest BCUT2D eigenvalue weighted by Gasteiger charge is 2.43. The van der Waals surface area contributed by atoms with E-state index in [9.17, 15) is 5.11 Å². The molecule has 5 heteroatoms. The average molecular weight is 252 g/mol. The summed E-state index contributed by atoms with van der Waals surface area (Å²) < 4.78 is 13.1. The van der Waals surface area contributed by atoms with Crippen molar-refractivity contribution in [3.8, 4) is 0 Å². The molecule has 3 heterocycles. The van der Waals surface area contributed by atoms with Gasteiger partial charge in [-0.25, -0.2) is 0 Å². The molecule has 2 aliphatic rings. The standard InChI is InChI=1S/C13H20N2O3/c1-15-11(2-5-14-15)12(16)10-3-6-18-13(8-10)4-7-17-9-13/h2,5,10,12,16H,3-4,6-9H2,1H3. The van der Waals surface area contributed by atoms with Gasteiger partial charge in [0.2, 0.25) is 0 Å². The summed E-state index contributed by atoms with van der Waals surface area (Å²) in [6.07, 6.45) is 3.99. The lowest BCUT2D eigenvalue weighted by Gasteiger charge is -2.38. The van der Waals surface area contributed by atoms with Gasteiger partial charge in [0.1, 0.15) is 0 Å². The number of hydrogen-bond acceptors (Lipinski definition) is 4. The van der Waals surface area contributed by atoms with Crippen LogP contribution in [0.2, 0.25) is 0 Å². The molecule has 100 valence electrons. The Balaban J connectivity index is 1.74. The van der Waals surface area contributed by atoms with Crippen LogP contribution in [0.4, 0.5) is 0 Å². The zero-order valence-electron chi connectivity index (χ0n) is 10.7. The number of aliphatic hydroxyl groups is 1. The second-order valence-corrected chi connectivity index (χ2v) is 5.41. The van der Waals surface area contributed by atoms with Crippen LogP contribution in [-0.2, 0) is 16.5 Å². The zero-order valence-corrected chi connectivity index (χ0v) is 10.7. The van der Waals surface area contributed by atoms with E-state index in [1.165, 1.54) is 0 Å². The van der Waals surface area contributed by atoms with Gasteiger partial charge in [0.05, 0.1) is 24.0 Å². The maximum atomic E-state index is 10.5. The van der Waals surface area contributed by atoms with Crippen LogP contribution in [0, 0.1) is 5.92 Å². The van der Waals surface area contributed by atoms with Crippen molar-refractivity contribution in [1.82, 2.24) is 9.78 Å². The lowest BCUT2D eigenvalue weighted by atomic mass is 9.81. The van der Waals surface area contributed by atoms with Crippen molar-refractivity contribution in [2.45, 2.75) is 31.0 Å². The van der Waals surface area contributed by atoms with Crippen molar-refractivity contribution >= 4 is 0 Å². The normalized spacial score (nSPS) is 34.0. The maximum Gasteiger partial charge on any atom is 0.0986 e. The third-order valence-electron chi connectivity index (χ3n) is 4.21. The first-order chi connectivity index (χ1) is 8.70. The minimum absolute atomic E-state index is 0.150. The molecule has 0 radical (unpaired) electrons. The number of rotatable bonds is 2. The molecule has 0 aliphatic carbocycles. The highest BCUT2D eigenvalue weighted by molar-refractivity contribution is 5.07. The Morgan fingerprint density at radius 1 is 1.56 bits per heavy atom. The number of aliphatic hydroxyl groups excluding tert-OH is 1. The van der Waals surface area contributed by atoms with Gasteiger partial charge in [0.25, 0.3) is 0 Å².